The third-order valence-electron chi connectivity index (χ3n) is 7.89. The Labute approximate surface area is 231 Å². The molecule has 39 heavy (non-hydrogen) atoms. The third kappa shape index (κ3) is 6.98. The molecule has 10 heteroatoms. The fourth-order valence-corrected chi connectivity index (χ4v) is 6.02. The van der Waals surface area contributed by atoms with E-state index in [-0.39, 0.29) is 34.4 Å². The number of benzene rings is 2. The number of carbonyl (C=O) groups is 1. The normalized spacial score (nSPS) is 22.3. The number of halogens is 5. The fourth-order valence-electron chi connectivity index (χ4n) is 5.81. The van der Waals surface area contributed by atoms with E-state index in [1.807, 2.05) is 0 Å². The van der Waals surface area contributed by atoms with Crippen LogP contribution in [0.25, 0.3) is 0 Å². The van der Waals surface area contributed by atoms with E-state index in [0.717, 1.165) is 49.3 Å². The maximum absolute atomic E-state index is 15.2. The monoisotopic (exact) mass is 568 g/mol. The number of piperidine rings is 1. The van der Waals surface area contributed by atoms with Gasteiger partial charge in [0.05, 0.1) is 5.56 Å². The summed E-state index contributed by atoms with van der Waals surface area (Å²) in [5, 5.41) is 0.0949. The van der Waals surface area contributed by atoms with Crippen LogP contribution < -0.4 is 9.47 Å². The lowest BCUT2D eigenvalue weighted by Crippen LogP contribution is -2.45. The smallest absolute Gasteiger partial charge is 0.490 e. The highest BCUT2D eigenvalue weighted by Crippen LogP contribution is 2.43. The number of nitrogens with zero attached hydrogens (tertiary/aromatic N) is 2. The predicted octanol–water partition coefficient (Wildman–Crippen LogP) is 7.31. The van der Waals surface area contributed by atoms with E-state index in [4.69, 9.17) is 16.3 Å². The number of hydrogen-bond acceptors (Lipinski definition) is 4. The Morgan fingerprint density at radius 3 is 2.41 bits per heavy atom. The number of ether oxygens (including phenoxy) is 2. The van der Waals surface area contributed by atoms with E-state index in [9.17, 15) is 18.0 Å². The molecule has 1 saturated carbocycles. The maximum atomic E-state index is 15.2. The van der Waals surface area contributed by atoms with Gasteiger partial charge < -0.3 is 14.4 Å². The molecule has 0 aromatic heterocycles. The summed E-state index contributed by atoms with van der Waals surface area (Å²) in [6.07, 6.45) is 1.15. The highest BCUT2D eigenvalue weighted by atomic mass is 35.5. The number of alkyl halides is 3. The lowest BCUT2D eigenvalue weighted by atomic mass is 9.94. The summed E-state index contributed by atoms with van der Waals surface area (Å²) in [5.74, 6) is -0.507. The van der Waals surface area contributed by atoms with E-state index in [1.165, 1.54) is 12.1 Å². The molecule has 0 radical (unpaired) electrons. The predicted molar refractivity (Wildman–Crippen MR) is 140 cm³/mol. The molecule has 5 nitrogen and oxygen atoms in total. The minimum absolute atomic E-state index is 0.0949. The highest BCUT2D eigenvalue weighted by molar-refractivity contribution is 6.30. The first-order valence-electron chi connectivity index (χ1n) is 13.7. The van der Waals surface area contributed by atoms with Gasteiger partial charge in [0.1, 0.15) is 23.4 Å². The second kappa shape index (κ2) is 11.5. The lowest BCUT2D eigenvalue weighted by molar-refractivity contribution is -0.274. The Morgan fingerprint density at radius 1 is 1.03 bits per heavy atom. The van der Waals surface area contributed by atoms with Crippen molar-refractivity contribution in [2.45, 2.75) is 82.8 Å². The molecule has 5 rings (SSSR count). The van der Waals surface area contributed by atoms with E-state index in [1.54, 1.807) is 17.0 Å². The number of amides is 1. The molecule has 3 aliphatic rings. The van der Waals surface area contributed by atoms with Gasteiger partial charge in [-0.1, -0.05) is 18.5 Å². The lowest BCUT2D eigenvalue weighted by Gasteiger charge is -2.39. The second-order valence-electron chi connectivity index (χ2n) is 10.8. The number of likely N-dealkylation sites (tertiary alicyclic amines) is 2. The van der Waals surface area contributed by atoms with E-state index < -0.39 is 17.9 Å². The van der Waals surface area contributed by atoms with Crippen molar-refractivity contribution in [2.24, 2.45) is 0 Å². The van der Waals surface area contributed by atoms with Crippen molar-refractivity contribution in [2.75, 3.05) is 19.6 Å². The number of rotatable bonds is 8. The second-order valence-corrected chi connectivity index (χ2v) is 11.2. The molecule has 0 unspecified atom stereocenters. The van der Waals surface area contributed by atoms with Gasteiger partial charge in [-0.3, -0.25) is 9.69 Å². The topological polar surface area (TPSA) is 42.0 Å². The molecule has 1 aliphatic carbocycles. The summed E-state index contributed by atoms with van der Waals surface area (Å²) < 4.78 is 63.3. The van der Waals surface area contributed by atoms with Crippen LogP contribution in [0.4, 0.5) is 17.6 Å². The zero-order valence-electron chi connectivity index (χ0n) is 21.9. The molecule has 2 saturated heterocycles. The van der Waals surface area contributed by atoms with Crippen LogP contribution in [0, 0.1) is 5.82 Å². The Kier molecular flexibility index (Phi) is 8.29. The molecular formula is C29H33ClF4N2O3. The van der Waals surface area contributed by atoms with Crippen LogP contribution >= 0.6 is 11.6 Å². The van der Waals surface area contributed by atoms with Gasteiger partial charge in [-0.15, -0.1) is 13.2 Å². The van der Waals surface area contributed by atoms with Crippen LogP contribution in [-0.4, -0.2) is 53.8 Å². The average molecular weight is 569 g/mol. The molecule has 0 spiro atoms. The summed E-state index contributed by atoms with van der Waals surface area (Å²) in [5.41, 5.74) is 2.18. The number of carbonyl (C=O) groups excluding carboxylic acids is 1. The van der Waals surface area contributed by atoms with Crippen LogP contribution in [-0.2, 0) is 6.54 Å². The first-order valence-corrected chi connectivity index (χ1v) is 14.1. The molecule has 2 aliphatic heterocycles. The Bertz CT molecular complexity index is 1200. The van der Waals surface area contributed by atoms with E-state index in [0.29, 0.717) is 44.9 Å². The first-order chi connectivity index (χ1) is 18.6. The minimum atomic E-state index is -4.82. The van der Waals surface area contributed by atoms with Crippen LogP contribution in [0.1, 0.15) is 79.3 Å². The van der Waals surface area contributed by atoms with E-state index >= 15 is 4.39 Å². The highest BCUT2D eigenvalue weighted by Gasteiger charge is 2.34. The van der Waals surface area contributed by atoms with Crippen molar-refractivity contribution in [3.05, 3.63) is 57.9 Å². The maximum Gasteiger partial charge on any atom is 0.573 e. The van der Waals surface area contributed by atoms with Crippen molar-refractivity contribution < 1.29 is 31.8 Å². The van der Waals surface area contributed by atoms with Crippen LogP contribution in [0.5, 0.6) is 11.5 Å². The summed E-state index contributed by atoms with van der Waals surface area (Å²) in [7, 11) is 0. The molecule has 0 N–H and O–H groups in total. The Balaban J connectivity index is 1.27. The summed E-state index contributed by atoms with van der Waals surface area (Å²) in [6, 6.07) is 7.27. The van der Waals surface area contributed by atoms with Crippen molar-refractivity contribution in [3.8, 4) is 11.5 Å². The Hall–Kier alpha value is -2.52. The number of hydrogen-bond donors (Lipinski definition) is 0. The average Bonchev–Trinajstić information content (AvgIpc) is 3.55. The van der Waals surface area contributed by atoms with Crippen LogP contribution in [0.2, 0.25) is 5.02 Å². The van der Waals surface area contributed by atoms with Gasteiger partial charge in [0.2, 0.25) is 0 Å². The van der Waals surface area contributed by atoms with Crippen LogP contribution in [0.3, 0.4) is 0 Å². The molecule has 0 bridgehead atoms. The molecule has 2 aromatic carbocycles. The molecule has 1 amide bonds. The summed E-state index contributed by atoms with van der Waals surface area (Å²) >= 11 is 6.00. The van der Waals surface area contributed by atoms with E-state index in [2.05, 4.69) is 16.6 Å². The standard InChI is InChI=1S/C29H33ClF4N2O3/c1-2-21-14-22(38-23-12-20(30)13-24(15-23)39-29(32,33)34)7-10-36(21)17-19-11-27(31)26(16-25(19)18-5-6-18)28(37)35-8-3-4-9-35/h11-13,15-16,18,21-22H,2-10,14,17H2,1H3/t21-,22-/m0/s1. The molecule has 2 heterocycles. The molecule has 2 aromatic rings. The van der Waals surface area contributed by atoms with Crippen molar-refractivity contribution in [3.63, 3.8) is 0 Å². The Morgan fingerprint density at radius 2 is 1.74 bits per heavy atom. The van der Waals surface area contributed by atoms with Gasteiger partial charge in [0.25, 0.3) is 5.91 Å². The van der Waals surface area contributed by atoms with Gasteiger partial charge in [-0.05, 0) is 86.3 Å². The summed E-state index contributed by atoms with van der Waals surface area (Å²) in [6.45, 7) is 4.71. The quantitative estimate of drug-likeness (QED) is 0.313. The molecular weight excluding hydrogens is 536 g/mol. The molecule has 3 fully saturated rings. The fraction of sp³-hybridized carbons (Fsp3) is 0.552. The van der Waals surface area contributed by atoms with Gasteiger partial charge in [-0.25, -0.2) is 4.39 Å². The van der Waals surface area contributed by atoms with Gasteiger partial charge in [0.15, 0.2) is 0 Å². The van der Waals surface area contributed by atoms with Gasteiger partial charge in [0, 0.05) is 43.3 Å². The zero-order chi connectivity index (χ0) is 27.7. The third-order valence-corrected chi connectivity index (χ3v) is 8.10. The van der Waals surface area contributed by atoms with Gasteiger partial charge >= 0.3 is 6.36 Å². The minimum Gasteiger partial charge on any atom is -0.490 e. The summed E-state index contributed by atoms with van der Waals surface area (Å²) in [4.78, 5) is 17.0. The van der Waals surface area contributed by atoms with Crippen molar-refractivity contribution in [1.82, 2.24) is 9.80 Å². The van der Waals surface area contributed by atoms with Crippen molar-refractivity contribution >= 4 is 17.5 Å². The largest absolute Gasteiger partial charge is 0.573 e. The first kappa shape index (κ1) is 28.0. The van der Waals surface area contributed by atoms with Gasteiger partial charge in [-0.2, -0.15) is 0 Å². The zero-order valence-corrected chi connectivity index (χ0v) is 22.7. The molecule has 212 valence electrons. The van der Waals surface area contributed by atoms with Crippen molar-refractivity contribution in [1.29, 1.82) is 0 Å². The molecule has 2 atom stereocenters. The van der Waals surface area contributed by atoms with Crippen LogP contribution in [0.15, 0.2) is 30.3 Å². The SMILES string of the molecule is CC[C@H]1C[C@@H](Oc2cc(Cl)cc(OC(F)(F)F)c2)CCN1Cc1cc(F)c(C(=O)N2CCCC2)cc1C1CC1.